The van der Waals surface area contributed by atoms with Gasteiger partial charge in [-0.25, -0.2) is 4.79 Å². The summed E-state index contributed by atoms with van der Waals surface area (Å²) in [7, 11) is 0. The van der Waals surface area contributed by atoms with Gasteiger partial charge in [-0.05, 0) is 37.3 Å². The topological polar surface area (TPSA) is 26.3 Å². The molecule has 3 aliphatic carbocycles. The zero-order valence-corrected chi connectivity index (χ0v) is 8.88. The lowest BCUT2D eigenvalue weighted by atomic mass is 9.93. The van der Waals surface area contributed by atoms with E-state index in [-0.39, 0.29) is 5.97 Å². The highest BCUT2D eigenvalue weighted by Gasteiger charge is 2.46. The van der Waals surface area contributed by atoms with Crippen LogP contribution in [0.15, 0.2) is 34.4 Å². The standard InChI is InChI=1S/C13H14O2/c1-2-15-13(14)12-9-6-4-3-5-8(9)10-7-11(10)12/h4,6,10H,2-3,5,7H2,1H3. The van der Waals surface area contributed by atoms with E-state index in [9.17, 15) is 4.79 Å². The van der Waals surface area contributed by atoms with Crippen molar-refractivity contribution in [3.8, 4) is 0 Å². The molecule has 1 atom stereocenters. The van der Waals surface area contributed by atoms with Crippen molar-refractivity contribution in [1.29, 1.82) is 0 Å². The summed E-state index contributed by atoms with van der Waals surface area (Å²) in [6.45, 7) is 2.32. The molecule has 1 saturated carbocycles. The molecular weight excluding hydrogens is 188 g/mol. The van der Waals surface area contributed by atoms with Crippen LogP contribution >= 0.6 is 0 Å². The summed E-state index contributed by atoms with van der Waals surface area (Å²) >= 11 is 0. The monoisotopic (exact) mass is 202 g/mol. The van der Waals surface area contributed by atoms with Crippen LogP contribution < -0.4 is 0 Å². The van der Waals surface area contributed by atoms with Crippen LogP contribution in [0.3, 0.4) is 0 Å². The van der Waals surface area contributed by atoms with Crippen LogP contribution in [0.25, 0.3) is 0 Å². The molecule has 0 bridgehead atoms. The van der Waals surface area contributed by atoms with Crippen LogP contribution in [0.4, 0.5) is 0 Å². The number of esters is 1. The minimum absolute atomic E-state index is 0.119. The van der Waals surface area contributed by atoms with Gasteiger partial charge in [-0.15, -0.1) is 0 Å². The first-order valence-electron chi connectivity index (χ1n) is 5.63. The second-order valence-corrected chi connectivity index (χ2v) is 4.26. The number of carbonyl (C=O) groups is 1. The second kappa shape index (κ2) is 3.09. The van der Waals surface area contributed by atoms with E-state index < -0.39 is 0 Å². The first kappa shape index (κ1) is 8.96. The highest BCUT2D eigenvalue weighted by atomic mass is 16.5. The Labute approximate surface area is 89.3 Å². The van der Waals surface area contributed by atoms with Gasteiger partial charge in [0.25, 0.3) is 0 Å². The van der Waals surface area contributed by atoms with Crippen molar-refractivity contribution in [2.75, 3.05) is 6.61 Å². The Balaban J connectivity index is 1.96. The third-order valence-electron chi connectivity index (χ3n) is 3.39. The van der Waals surface area contributed by atoms with Gasteiger partial charge in [-0.2, -0.15) is 0 Å². The van der Waals surface area contributed by atoms with Crippen LogP contribution in [0, 0.1) is 5.92 Å². The van der Waals surface area contributed by atoms with E-state index >= 15 is 0 Å². The number of carbonyl (C=O) groups excluding carboxylic acids is 1. The van der Waals surface area contributed by atoms with Crippen LogP contribution in [-0.4, -0.2) is 12.6 Å². The SMILES string of the molecule is CCOC(=O)C1=C2CC2C2=C1C=CCC2. The van der Waals surface area contributed by atoms with Crippen LogP contribution in [0.1, 0.15) is 26.2 Å². The molecule has 0 spiro atoms. The number of ether oxygens (including phenoxy) is 1. The maximum absolute atomic E-state index is 11.8. The van der Waals surface area contributed by atoms with Crippen molar-refractivity contribution in [2.45, 2.75) is 26.2 Å². The van der Waals surface area contributed by atoms with Crippen LogP contribution in [-0.2, 0) is 9.53 Å². The Bertz CT molecular complexity index is 424. The maximum atomic E-state index is 11.8. The van der Waals surface area contributed by atoms with Gasteiger partial charge in [-0.1, -0.05) is 17.7 Å². The summed E-state index contributed by atoms with van der Waals surface area (Å²) < 4.78 is 5.11. The van der Waals surface area contributed by atoms with Gasteiger partial charge < -0.3 is 4.74 Å². The number of hydrogen-bond acceptors (Lipinski definition) is 2. The largest absolute Gasteiger partial charge is 0.462 e. The fourth-order valence-electron chi connectivity index (χ4n) is 2.68. The molecule has 1 fully saturated rings. The van der Waals surface area contributed by atoms with E-state index in [2.05, 4.69) is 12.2 Å². The molecule has 3 aliphatic rings. The molecule has 0 heterocycles. The molecule has 0 aliphatic heterocycles. The zero-order valence-electron chi connectivity index (χ0n) is 8.88. The lowest BCUT2D eigenvalue weighted by Crippen LogP contribution is -2.09. The molecule has 0 saturated heterocycles. The average molecular weight is 202 g/mol. The third-order valence-corrected chi connectivity index (χ3v) is 3.39. The maximum Gasteiger partial charge on any atom is 0.338 e. The Kier molecular flexibility index (Phi) is 1.84. The van der Waals surface area contributed by atoms with Gasteiger partial charge in [0, 0.05) is 5.92 Å². The Hall–Kier alpha value is -1.31. The molecule has 0 N–H and O–H groups in total. The summed E-state index contributed by atoms with van der Waals surface area (Å²) in [6, 6.07) is 0. The average Bonchev–Trinajstić information content (AvgIpc) is 2.94. The molecule has 0 aromatic carbocycles. The fraction of sp³-hybridized carbons (Fsp3) is 0.462. The number of fused-ring (bicyclic) bond motifs is 2. The highest BCUT2D eigenvalue weighted by molar-refractivity contribution is 5.99. The predicted octanol–water partition coefficient (Wildman–Crippen LogP) is 2.53. The smallest absolute Gasteiger partial charge is 0.338 e. The van der Waals surface area contributed by atoms with Crippen molar-refractivity contribution in [3.63, 3.8) is 0 Å². The van der Waals surface area contributed by atoms with Gasteiger partial charge in [0.15, 0.2) is 0 Å². The van der Waals surface area contributed by atoms with Crippen molar-refractivity contribution in [3.05, 3.63) is 34.4 Å². The minimum atomic E-state index is -0.119. The quantitative estimate of drug-likeness (QED) is 0.643. The summed E-state index contributed by atoms with van der Waals surface area (Å²) in [5.74, 6) is 0.482. The number of rotatable bonds is 2. The first-order chi connectivity index (χ1) is 7.33. The van der Waals surface area contributed by atoms with Crippen LogP contribution in [0.5, 0.6) is 0 Å². The highest BCUT2D eigenvalue weighted by Crippen LogP contribution is 2.56. The molecule has 0 aromatic rings. The lowest BCUT2D eigenvalue weighted by molar-refractivity contribution is -0.138. The third kappa shape index (κ3) is 1.21. The summed E-state index contributed by atoms with van der Waals surface area (Å²) in [6.07, 6.45) is 7.61. The molecule has 2 nitrogen and oxygen atoms in total. The molecule has 0 radical (unpaired) electrons. The summed E-state index contributed by atoms with van der Waals surface area (Å²) in [5, 5.41) is 0. The zero-order chi connectivity index (χ0) is 10.4. The van der Waals surface area contributed by atoms with Crippen molar-refractivity contribution >= 4 is 5.97 Å². The van der Waals surface area contributed by atoms with Gasteiger partial charge >= 0.3 is 5.97 Å². The first-order valence-corrected chi connectivity index (χ1v) is 5.63. The molecule has 0 aromatic heterocycles. The molecule has 15 heavy (non-hydrogen) atoms. The predicted molar refractivity (Wildman–Crippen MR) is 57.2 cm³/mol. The van der Waals surface area contributed by atoms with E-state index in [1.54, 1.807) is 0 Å². The molecule has 1 unspecified atom stereocenters. The van der Waals surface area contributed by atoms with Crippen LogP contribution in [0.2, 0.25) is 0 Å². The summed E-state index contributed by atoms with van der Waals surface area (Å²) in [4.78, 5) is 11.8. The minimum Gasteiger partial charge on any atom is -0.462 e. The lowest BCUT2D eigenvalue weighted by Gasteiger charge is -2.13. The van der Waals surface area contributed by atoms with Crippen molar-refractivity contribution in [1.82, 2.24) is 0 Å². The number of allylic oxidation sites excluding steroid dienone is 4. The van der Waals surface area contributed by atoms with E-state index in [0.717, 1.165) is 24.8 Å². The molecule has 2 heteroatoms. The Morgan fingerprint density at radius 3 is 3.20 bits per heavy atom. The van der Waals surface area contributed by atoms with Gasteiger partial charge in [0.1, 0.15) is 0 Å². The van der Waals surface area contributed by atoms with Gasteiger partial charge in [-0.3, -0.25) is 0 Å². The van der Waals surface area contributed by atoms with Crippen molar-refractivity contribution < 1.29 is 9.53 Å². The van der Waals surface area contributed by atoms with E-state index in [4.69, 9.17) is 4.74 Å². The van der Waals surface area contributed by atoms with Gasteiger partial charge in [0.2, 0.25) is 0 Å². The van der Waals surface area contributed by atoms with Crippen molar-refractivity contribution in [2.24, 2.45) is 5.92 Å². The fourth-order valence-corrected chi connectivity index (χ4v) is 2.68. The molecule has 3 rings (SSSR count). The van der Waals surface area contributed by atoms with E-state index in [1.165, 1.54) is 16.7 Å². The molecule has 0 amide bonds. The number of hydrogen-bond donors (Lipinski definition) is 0. The second-order valence-electron chi connectivity index (χ2n) is 4.26. The van der Waals surface area contributed by atoms with E-state index in [1.807, 2.05) is 6.92 Å². The Morgan fingerprint density at radius 2 is 2.40 bits per heavy atom. The molecule has 78 valence electrons. The normalized spacial score (nSPS) is 26.6. The Morgan fingerprint density at radius 1 is 1.53 bits per heavy atom. The van der Waals surface area contributed by atoms with E-state index in [0.29, 0.717) is 12.5 Å². The summed E-state index contributed by atoms with van der Waals surface area (Å²) in [5.41, 5.74) is 4.86. The van der Waals surface area contributed by atoms with Gasteiger partial charge in [0.05, 0.1) is 12.2 Å². The molecular formula is C13H14O2.